The molecular weight excluding hydrogens is 312 g/mol. The molecule has 2 fully saturated rings. The van der Waals surface area contributed by atoms with E-state index in [1.807, 2.05) is 0 Å². The van der Waals surface area contributed by atoms with Gasteiger partial charge in [-0.3, -0.25) is 14.3 Å². The summed E-state index contributed by atoms with van der Waals surface area (Å²) >= 11 is 1.73. The second-order valence-corrected chi connectivity index (χ2v) is 6.68. The van der Waals surface area contributed by atoms with Crippen LogP contribution in [0.5, 0.6) is 0 Å². The average molecular weight is 330 g/mol. The Morgan fingerprint density at radius 2 is 2.14 bits per heavy atom. The minimum absolute atomic E-state index is 0.00907. The van der Waals surface area contributed by atoms with Crippen molar-refractivity contribution in [2.45, 2.75) is 36.9 Å². The quantitative estimate of drug-likeness (QED) is 0.524. The van der Waals surface area contributed by atoms with E-state index in [1.54, 1.807) is 11.8 Å². The average Bonchev–Trinajstić information content (AvgIpc) is 3.10. The second kappa shape index (κ2) is 6.17. The zero-order valence-electron chi connectivity index (χ0n) is 11.7. The van der Waals surface area contributed by atoms with Gasteiger partial charge >= 0.3 is 5.69 Å². The molecule has 1 aromatic rings. The summed E-state index contributed by atoms with van der Waals surface area (Å²) in [7, 11) is 0. The van der Waals surface area contributed by atoms with Crippen molar-refractivity contribution in [3.8, 4) is 0 Å². The van der Waals surface area contributed by atoms with Crippen LogP contribution in [0.15, 0.2) is 15.8 Å². The molecule has 1 aromatic heterocycles. The SMILES string of the molecule is O=c1[nH]c(=O)n(C2CCSC2)cc1[C@@H]1O[C@H](CO)[C@@H](O)[C@H]1O. The number of H-pyrrole nitrogens is 1. The van der Waals surface area contributed by atoms with Crippen LogP contribution in [-0.4, -0.2) is 61.3 Å². The molecular formula is C13H18N2O6S. The summed E-state index contributed by atoms with van der Waals surface area (Å²) in [5.41, 5.74) is -1.06. The molecule has 0 radical (unpaired) electrons. The van der Waals surface area contributed by atoms with Gasteiger partial charge in [-0.1, -0.05) is 0 Å². The summed E-state index contributed by atoms with van der Waals surface area (Å²) in [5, 5.41) is 28.9. The van der Waals surface area contributed by atoms with Gasteiger partial charge in [0, 0.05) is 18.0 Å². The summed E-state index contributed by atoms with van der Waals surface area (Å²) in [6, 6.07) is -0.00907. The van der Waals surface area contributed by atoms with E-state index < -0.39 is 42.3 Å². The first-order valence-corrected chi connectivity index (χ1v) is 8.24. The smallest absolute Gasteiger partial charge is 0.328 e. The fourth-order valence-electron chi connectivity index (χ4n) is 2.87. The molecule has 0 aromatic carbocycles. The van der Waals surface area contributed by atoms with Crippen LogP contribution in [0.1, 0.15) is 24.1 Å². The normalized spacial score (nSPS) is 35.1. The van der Waals surface area contributed by atoms with Gasteiger partial charge in [-0.25, -0.2) is 4.79 Å². The van der Waals surface area contributed by atoms with Crippen molar-refractivity contribution in [2.75, 3.05) is 18.1 Å². The van der Waals surface area contributed by atoms with Crippen molar-refractivity contribution >= 4 is 11.8 Å². The standard InChI is InChI=1S/C13H18N2O6S/c16-4-8-9(17)10(18)11(21-8)7-3-15(6-1-2-22-5-6)13(20)14-12(7)19/h3,6,8-11,16-18H,1-2,4-5H2,(H,14,19,20)/t6?,8-,9-,10-,11+/m1/s1. The summed E-state index contributed by atoms with van der Waals surface area (Å²) in [6.45, 7) is -0.467. The lowest BCUT2D eigenvalue weighted by atomic mass is 10.0. The highest BCUT2D eigenvalue weighted by Crippen LogP contribution is 2.32. The number of hydrogen-bond acceptors (Lipinski definition) is 7. The minimum Gasteiger partial charge on any atom is -0.394 e. The fraction of sp³-hybridized carbons (Fsp3) is 0.692. The summed E-state index contributed by atoms with van der Waals surface area (Å²) < 4.78 is 6.82. The molecule has 3 rings (SSSR count). The Labute approximate surface area is 129 Å². The predicted molar refractivity (Wildman–Crippen MR) is 79.0 cm³/mol. The molecule has 1 unspecified atom stereocenters. The number of aliphatic hydroxyl groups is 3. The van der Waals surface area contributed by atoms with E-state index in [1.165, 1.54) is 10.8 Å². The zero-order valence-corrected chi connectivity index (χ0v) is 12.5. The molecule has 2 aliphatic rings. The summed E-state index contributed by atoms with van der Waals surface area (Å²) in [4.78, 5) is 26.2. The highest BCUT2D eigenvalue weighted by molar-refractivity contribution is 7.99. The molecule has 2 saturated heterocycles. The highest BCUT2D eigenvalue weighted by Gasteiger charge is 2.44. The molecule has 9 heteroatoms. The first-order chi connectivity index (χ1) is 10.5. The number of thioether (sulfide) groups is 1. The number of ether oxygens (including phenoxy) is 1. The van der Waals surface area contributed by atoms with Crippen molar-refractivity contribution in [1.29, 1.82) is 0 Å². The van der Waals surface area contributed by atoms with E-state index in [2.05, 4.69) is 4.98 Å². The van der Waals surface area contributed by atoms with E-state index in [4.69, 9.17) is 9.84 Å². The number of hydrogen-bond donors (Lipinski definition) is 4. The molecule has 0 spiro atoms. The van der Waals surface area contributed by atoms with E-state index >= 15 is 0 Å². The van der Waals surface area contributed by atoms with Gasteiger partial charge in [0.1, 0.15) is 24.4 Å². The number of aromatic amines is 1. The molecule has 0 aliphatic carbocycles. The molecule has 4 N–H and O–H groups in total. The molecule has 0 saturated carbocycles. The third-order valence-electron chi connectivity index (χ3n) is 4.14. The maximum absolute atomic E-state index is 12.0. The van der Waals surface area contributed by atoms with Gasteiger partial charge in [0.15, 0.2) is 0 Å². The second-order valence-electron chi connectivity index (χ2n) is 5.53. The Bertz CT molecular complexity index is 653. The van der Waals surface area contributed by atoms with Crippen LogP contribution >= 0.6 is 11.8 Å². The maximum Gasteiger partial charge on any atom is 0.328 e. The van der Waals surface area contributed by atoms with Gasteiger partial charge in [0.05, 0.1) is 12.2 Å². The lowest BCUT2D eigenvalue weighted by Crippen LogP contribution is -2.37. The molecule has 22 heavy (non-hydrogen) atoms. The third kappa shape index (κ3) is 2.63. The number of rotatable bonds is 3. The highest BCUT2D eigenvalue weighted by atomic mass is 32.2. The first kappa shape index (κ1) is 15.8. The van der Waals surface area contributed by atoms with Crippen molar-refractivity contribution in [3.63, 3.8) is 0 Å². The lowest BCUT2D eigenvalue weighted by Gasteiger charge is -2.18. The monoisotopic (exact) mass is 330 g/mol. The predicted octanol–water partition coefficient (Wildman–Crippen LogP) is -1.63. The zero-order chi connectivity index (χ0) is 15.9. The van der Waals surface area contributed by atoms with Gasteiger partial charge in [-0.15, -0.1) is 0 Å². The van der Waals surface area contributed by atoms with Crippen LogP contribution in [0.3, 0.4) is 0 Å². The van der Waals surface area contributed by atoms with Crippen LogP contribution in [0, 0.1) is 0 Å². The molecule has 0 bridgehead atoms. The van der Waals surface area contributed by atoms with E-state index in [0.717, 1.165) is 17.9 Å². The van der Waals surface area contributed by atoms with Gasteiger partial charge in [-0.05, 0) is 12.2 Å². The van der Waals surface area contributed by atoms with Crippen LogP contribution < -0.4 is 11.2 Å². The van der Waals surface area contributed by atoms with Gasteiger partial charge < -0.3 is 20.1 Å². The van der Waals surface area contributed by atoms with Gasteiger partial charge in [0.25, 0.3) is 5.56 Å². The van der Waals surface area contributed by atoms with Gasteiger partial charge in [-0.2, -0.15) is 11.8 Å². The van der Waals surface area contributed by atoms with Crippen LogP contribution in [-0.2, 0) is 4.74 Å². The molecule has 8 nitrogen and oxygen atoms in total. The summed E-state index contributed by atoms with van der Waals surface area (Å²) in [5.74, 6) is 1.72. The van der Waals surface area contributed by atoms with Gasteiger partial charge in [0.2, 0.25) is 0 Å². The maximum atomic E-state index is 12.0. The Morgan fingerprint density at radius 1 is 1.36 bits per heavy atom. The lowest BCUT2D eigenvalue weighted by molar-refractivity contribution is -0.0233. The van der Waals surface area contributed by atoms with Crippen LogP contribution in [0.4, 0.5) is 0 Å². The molecule has 5 atom stereocenters. The number of aliphatic hydroxyl groups excluding tert-OH is 3. The van der Waals surface area contributed by atoms with Crippen molar-refractivity contribution in [3.05, 3.63) is 32.6 Å². The molecule has 3 heterocycles. The Balaban J connectivity index is 1.98. The third-order valence-corrected chi connectivity index (χ3v) is 5.29. The molecule has 0 amide bonds. The van der Waals surface area contributed by atoms with E-state index in [9.17, 15) is 19.8 Å². The largest absolute Gasteiger partial charge is 0.394 e. The Morgan fingerprint density at radius 3 is 2.73 bits per heavy atom. The Hall–Kier alpha value is -1.13. The van der Waals surface area contributed by atoms with Crippen molar-refractivity contribution in [2.24, 2.45) is 0 Å². The van der Waals surface area contributed by atoms with Crippen molar-refractivity contribution < 1.29 is 20.1 Å². The Kier molecular flexibility index (Phi) is 4.42. The summed E-state index contributed by atoms with van der Waals surface area (Å²) in [6.07, 6.45) is -2.41. The minimum atomic E-state index is -1.33. The molecule has 2 aliphatic heterocycles. The fourth-order valence-corrected chi connectivity index (χ4v) is 4.08. The number of aromatic nitrogens is 2. The van der Waals surface area contributed by atoms with Crippen LogP contribution in [0.25, 0.3) is 0 Å². The molecule has 122 valence electrons. The number of nitrogens with one attached hydrogen (secondary N) is 1. The van der Waals surface area contributed by atoms with E-state index in [-0.39, 0.29) is 11.6 Å². The van der Waals surface area contributed by atoms with Crippen molar-refractivity contribution in [1.82, 2.24) is 9.55 Å². The topological polar surface area (TPSA) is 125 Å². The van der Waals surface area contributed by atoms with Crippen LogP contribution in [0.2, 0.25) is 0 Å². The number of nitrogens with zero attached hydrogens (tertiary/aromatic N) is 1. The van der Waals surface area contributed by atoms with E-state index in [0.29, 0.717) is 0 Å². The first-order valence-electron chi connectivity index (χ1n) is 7.08.